The number of thiocarbonyl (C=S) groups is 1. The molecule has 0 radical (unpaired) electrons. The van der Waals surface area contributed by atoms with Crippen LogP contribution in [0.4, 0.5) is 0 Å². The van der Waals surface area contributed by atoms with E-state index in [0.717, 1.165) is 64.0 Å². The van der Waals surface area contributed by atoms with Gasteiger partial charge in [-0.1, -0.05) is 60.7 Å². The summed E-state index contributed by atoms with van der Waals surface area (Å²) in [7, 11) is 0. The van der Waals surface area contributed by atoms with Crippen molar-refractivity contribution in [1.29, 1.82) is 0 Å². The van der Waals surface area contributed by atoms with Gasteiger partial charge in [-0.15, -0.1) is 0 Å². The lowest BCUT2D eigenvalue weighted by Crippen LogP contribution is -2.41. The van der Waals surface area contributed by atoms with E-state index in [2.05, 4.69) is 63.6 Å². The van der Waals surface area contributed by atoms with Crippen molar-refractivity contribution >= 4 is 17.3 Å². The van der Waals surface area contributed by atoms with Crippen LogP contribution in [0.15, 0.2) is 60.7 Å². The van der Waals surface area contributed by atoms with Crippen molar-refractivity contribution < 1.29 is 4.74 Å². The third kappa shape index (κ3) is 6.94. The molecule has 0 saturated carbocycles. The number of hydrogen-bond donors (Lipinski definition) is 1. The van der Waals surface area contributed by atoms with E-state index in [1.807, 2.05) is 12.1 Å². The van der Waals surface area contributed by atoms with Crippen LogP contribution in [0.2, 0.25) is 0 Å². The predicted molar refractivity (Wildman–Crippen MR) is 115 cm³/mol. The SMILES string of the molecule is S=C(NCCCN1CCOCC1)N(Cc1ccccc1)Cc1ccccc1. The maximum atomic E-state index is 5.72. The first-order valence-corrected chi connectivity index (χ1v) is 10.1. The Morgan fingerprint density at radius 3 is 2.04 bits per heavy atom. The fourth-order valence-corrected chi connectivity index (χ4v) is 3.47. The van der Waals surface area contributed by atoms with E-state index in [0.29, 0.717) is 0 Å². The van der Waals surface area contributed by atoms with Crippen LogP contribution in [0.3, 0.4) is 0 Å². The molecule has 2 aromatic carbocycles. The average Bonchev–Trinajstić information content (AvgIpc) is 2.73. The lowest BCUT2D eigenvalue weighted by molar-refractivity contribution is 0.0376. The van der Waals surface area contributed by atoms with Gasteiger partial charge in [0.05, 0.1) is 13.2 Å². The van der Waals surface area contributed by atoms with Crippen molar-refractivity contribution in [2.75, 3.05) is 39.4 Å². The summed E-state index contributed by atoms with van der Waals surface area (Å²) in [5, 5.41) is 4.29. The number of hydrogen-bond acceptors (Lipinski definition) is 3. The Kier molecular flexibility index (Phi) is 8.08. The Morgan fingerprint density at radius 2 is 1.48 bits per heavy atom. The van der Waals surface area contributed by atoms with E-state index < -0.39 is 0 Å². The summed E-state index contributed by atoms with van der Waals surface area (Å²) in [4.78, 5) is 4.70. The first-order valence-electron chi connectivity index (χ1n) is 9.72. The van der Waals surface area contributed by atoms with Gasteiger partial charge < -0.3 is 15.0 Å². The van der Waals surface area contributed by atoms with Crippen LogP contribution in [0, 0.1) is 0 Å². The maximum absolute atomic E-state index is 5.72. The number of rotatable bonds is 8. The molecule has 1 saturated heterocycles. The predicted octanol–water partition coefficient (Wildman–Crippen LogP) is 3.29. The Labute approximate surface area is 168 Å². The van der Waals surface area contributed by atoms with Crippen LogP contribution in [0.25, 0.3) is 0 Å². The van der Waals surface area contributed by atoms with Gasteiger partial charge in [0.2, 0.25) is 0 Å². The molecule has 5 heteroatoms. The van der Waals surface area contributed by atoms with Gasteiger partial charge in [-0.25, -0.2) is 0 Å². The lowest BCUT2D eigenvalue weighted by atomic mass is 10.2. The Hall–Kier alpha value is -1.95. The molecular formula is C22H29N3OS. The summed E-state index contributed by atoms with van der Waals surface area (Å²) >= 11 is 5.72. The van der Waals surface area contributed by atoms with Crippen molar-refractivity contribution in [3.8, 4) is 0 Å². The zero-order valence-corrected chi connectivity index (χ0v) is 16.7. The van der Waals surface area contributed by atoms with Crippen molar-refractivity contribution in [3.63, 3.8) is 0 Å². The molecule has 0 aliphatic carbocycles. The van der Waals surface area contributed by atoms with Crippen LogP contribution in [0.1, 0.15) is 17.5 Å². The lowest BCUT2D eigenvalue weighted by Gasteiger charge is -2.28. The number of morpholine rings is 1. The second-order valence-corrected chi connectivity index (χ2v) is 7.25. The highest BCUT2D eigenvalue weighted by molar-refractivity contribution is 7.80. The number of nitrogens with zero attached hydrogens (tertiary/aromatic N) is 2. The monoisotopic (exact) mass is 383 g/mol. The quantitative estimate of drug-likeness (QED) is 0.558. The van der Waals surface area contributed by atoms with Crippen molar-refractivity contribution in [3.05, 3.63) is 71.8 Å². The van der Waals surface area contributed by atoms with Gasteiger partial charge in [0.25, 0.3) is 0 Å². The topological polar surface area (TPSA) is 27.7 Å². The van der Waals surface area contributed by atoms with Gasteiger partial charge >= 0.3 is 0 Å². The first kappa shape index (κ1) is 19.8. The summed E-state index contributed by atoms with van der Waals surface area (Å²) in [6, 6.07) is 21.0. The van der Waals surface area contributed by atoms with Crippen molar-refractivity contribution in [2.45, 2.75) is 19.5 Å². The van der Waals surface area contributed by atoms with E-state index in [1.165, 1.54) is 11.1 Å². The molecular weight excluding hydrogens is 354 g/mol. The normalized spacial score (nSPS) is 14.7. The minimum Gasteiger partial charge on any atom is -0.379 e. The highest BCUT2D eigenvalue weighted by atomic mass is 32.1. The molecule has 1 aliphatic heterocycles. The molecule has 1 fully saturated rings. The largest absolute Gasteiger partial charge is 0.379 e. The summed E-state index contributed by atoms with van der Waals surface area (Å²) in [5.74, 6) is 0. The van der Waals surface area contributed by atoms with E-state index in [1.54, 1.807) is 0 Å². The van der Waals surface area contributed by atoms with Gasteiger partial charge in [0.1, 0.15) is 0 Å². The third-order valence-electron chi connectivity index (χ3n) is 4.75. The molecule has 1 heterocycles. The Bertz CT molecular complexity index is 633. The summed E-state index contributed by atoms with van der Waals surface area (Å²) in [5.41, 5.74) is 2.54. The minimum atomic E-state index is 0.811. The van der Waals surface area contributed by atoms with E-state index in [4.69, 9.17) is 17.0 Å². The molecule has 3 rings (SSSR count). The molecule has 0 spiro atoms. The highest BCUT2D eigenvalue weighted by Crippen LogP contribution is 2.10. The van der Waals surface area contributed by atoms with Gasteiger partial charge in [0, 0.05) is 32.7 Å². The van der Waals surface area contributed by atoms with Gasteiger partial charge in [0.15, 0.2) is 5.11 Å². The Balaban J connectivity index is 1.51. The highest BCUT2D eigenvalue weighted by Gasteiger charge is 2.12. The van der Waals surface area contributed by atoms with E-state index in [-0.39, 0.29) is 0 Å². The van der Waals surface area contributed by atoms with Crippen LogP contribution in [-0.2, 0) is 17.8 Å². The fraction of sp³-hybridized carbons (Fsp3) is 0.409. The maximum Gasteiger partial charge on any atom is 0.169 e. The van der Waals surface area contributed by atoms with Crippen LogP contribution < -0.4 is 5.32 Å². The number of ether oxygens (including phenoxy) is 1. The molecule has 4 nitrogen and oxygen atoms in total. The van der Waals surface area contributed by atoms with Gasteiger partial charge in [-0.05, 0) is 36.3 Å². The number of benzene rings is 2. The average molecular weight is 384 g/mol. The van der Waals surface area contributed by atoms with Crippen molar-refractivity contribution in [2.24, 2.45) is 0 Å². The summed E-state index contributed by atoms with van der Waals surface area (Å²) in [6.07, 6.45) is 1.09. The molecule has 1 aliphatic rings. The molecule has 1 N–H and O–H groups in total. The number of nitrogens with one attached hydrogen (secondary N) is 1. The second-order valence-electron chi connectivity index (χ2n) is 6.87. The van der Waals surface area contributed by atoms with Crippen LogP contribution in [-0.4, -0.2) is 54.3 Å². The van der Waals surface area contributed by atoms with Crippen LogP contribution in [0.5, 0.6) is 0 Å². The molecule has 144 valence electrons. The zero-order chi connectivity index (χ0) is 18.7. The van der Waals surface area contributed by atoms with Gasteiger partial charge in [-0.3, -0.25) is 4.90 Å². The van der Waals surface area contributed by atoms with E-state index in [9.17, 15) is 0 Å². The van der Waals surface area contributed by atoms with Crippen molar-refractivity contribution in [1.82, 2.24) is 15.1 Å². The van der Waals surface area contributed by atoms with E-state index >= 15 is 0 Å². The molecule has 27 heavy (non-hydrogen) atoms. The van der Waals surface area contributed by atoms with Gasteiger partial charge in [-0.2, -0.15) is 0 Å². The third-order valence-corrected chi connectivity index (χ3v) is 5.15. The molecule has 0 amide bonds. The summed E-state index contributed by atoms with van der Waals surface area (Å²) < 4.78 is 5.40. The standard InChI is InChI=1S/C22H29N3OS/c27-22(23-12-7-13-24-14-16-26-17-15-24)25(18-20-8-3-1-4-9-20)19-21-10-5-2-6-11-21/h1-6,8-11H,7,12-19H2,(H,23,27). The minimum absolute atomic E-state index is 0.811. The molecule has 0 unspecified atom stereocenters. The zero-order valence-electron chi connectivity index (χ0n) is 15.8. The second kappa shape index (κ2) is 11.0. The molecule has 0 atom stereocenters. The molecule has 0 bridgehead atoms. The first-order chi connectivity index (χ1) is 13.3. The smallest absolute Gasteiger partial charge is 0.169 e. The molecule has 0 aromatic heterocycles. The Morgan fingerprint density at radius 1 is 0.926 bits per heavy atom. The fourth-order valence-electron chi connectivity index (χ4n) is 3.24. The summed E-state index contributed by atoms with van der Waals surface area (Å²) in [6.45, 7) is 7.40. The molecule has 2 aromatic rings. The van der Waals surface area contributed by atoms with Crippen LogP contribution >= 0.6 is 12.2 Å².